The first kappa shape index (κ1) is 22.3. The van der Waals surface area contributed by atoms with E-state index in [-0.39, 0.29) is 17.9 Å². The maximum Gasteiger partial charge on any atom is 0.306 e. The zero-order valence-electron chi connectivity index (χ0n) is 17.0. The third-order valence-corrected chi connectivity index (χ3v) is 5.70. The van der Waals surface area contributed by atoms with Gasteiger partial charge in [-0.1, -0.05) is 24.3 Å². The summed E-state index contributed by atoms with van der Waals surface area (Å²) < 4.78 is 16.0. The van der Waals surface area contributed by atoms with Crippen molar-refractivity contribution in [2.24, 2.45) is 0 Å². The van der Waals surface area contributed by atoms with Gasteiger partial charge in [0.1, 0.15) is 17.3 Å². The Morgan fingerprint density at radius 2 is 1.87 bits per heavy atom. The molecule has 0 aliphatic heterocycles. The zero-order chi connectivity index (χ0) is 22.4. The van der Waals surface area contributed by atoms with Crippen LogP contribution in [0.15, 0.2) is 68.7 Å². The van der Waals surface area contributed by atoms with Crippen molar-refractivity contribution < 1.29 is 28.9 Å². The molecule has 1 atom stereocenters. The van der Waals surface area contributed by atoms with Gasteiger partial charge in [0.15, 0.2) is 5.76 Å². The minimum Gasteiger partial charge on any atom is -0.508 e. The minimum atomic E-state index is -0.816. The van der Waals surface area contributed by atoms with Gasteiger partial charge in [0.2, 0.25) is 11.2 Å². The third kappa shape index (κ3) is 5.40. The van der Waals surface area contributed by atoms with Crippen molar-refractivity contribution in [3.8, 4) is 17.2 Å². The van der Waals surface area contributed by atoms with E-state index in [1.807, 2.05) is 24.3 Å². The van der Waals surface area contributed by atoms with Gasteiger partial charge in [-0.2, -0.15) is 0 Å². The number of hydrogen-bond donors (Lipinski definition) is 2. The molecule has 0 amide bonds. The Kier molecular flexibility index (Phi) is 7.25. The second kappa shape index (κ2) is 10.1. The molecule has 2 N–H and O–H groups in total. The Labute approximate surface area is 183 Å². The number of benzene rings is 2. The van der Waals surface area contributed by atoms with Crippen molar-refractivity contribution in [1.82, 2.24) is 0 Å². The molecule has 0 saturated heterocycles. The number of para-hydroxylation sites is 1. The van der Waals surface area contributed by atoms with Crippen LogP contribution >= 0.6 is 11.8 Å². The van der Waals surface area contributed by atoms with Crippen molar-refractivity contribution in [1.29, 1.82) is 0 Å². The molecule has 7 nitrogen and oxygen atoms in total. The number of ether oxygens (including phenoxy) is 2. The van der Waals surface area contributed by atoms with Gasteiger partial charge in [0.05, 0.1) is 32.3 Å². The first-order valence-corrected chi connectivity index (χ1v) is 10.4. The van der Waals surface area contributed by atoms with E-state index in [4.69, 9.17) is 13.9 Å². The van der Waals surface area contributed by atoms with Crippen molar-refractivity contribution in [3.05, 3.63) is 81.9 Å². The normalized spacial score (nSPS) is 11.7. The van der Waals surface area contributed by atoms with Gasteiger partial charge in [-0.25, -0.2) is 0 Å². The molecule has 3 aromatic rings. The number of methoxy groups -OCH3 is 2. The van der Waals surface area contributed by atoms with Gasteiger partial charge in [-0.05, 0) is 29.8 Å². The fourth-order valence-corrected chi connectivity index (χ4v) is 4.01. The lowest BCUT2D eigenvalue weighted by Crippen LogP contribution is -2.14. The molecule has 3 rings (SSSR count). The van der Waals surface area contributed by atoms with E-state index in [9.17, 15) is 19.8 Å². The topological polar surface area (TPSA) is 106 Å². The Hall–Kier alpha value is -3.39. The van der Waals surface area contributed by atoms with Gasteiger partial charge in [-0.15, -0.1) is 11.8 Å². The quantitative estimate of drug-likeness (QED) is 0.398. The molecule has 8 heteroatoms. The summed E-state index contributed by atoms with van der Waals surface area (Å²) in [5.41, 5.74) is -0.120. The molecule has 0 bridgehead atoms. The lowest BCUT2D eigenvalue weighted by Gasteiger charge is -2.17. The smallest absolute Gasteiger partial charge is 0.306 e. The molecule has 1 aromatic heterocycles. The highest BCUT2D eigenvalue weighted by Gasteiger charge is 2.27. The van der Waals surface area contributed by atoms with E-state index in [1.54, 1.807) is 19.2 Å². The van der Waals surface area contributed by atoms with Crippen LogP contribution < -0.4 is 10.2 Å². The summed E-state index contributed by atoms with van der Waals surface area (Å²) in [5, 5.41) is 20.3. The predicted molar refractivity (Wildman–Crippen MR) is 116 cm³/mol. The van der Waals surface area contributed by atoms with E-state index in [2.05, 4.69) is 0 Å². The number of carbonyl (C=O) groups excluding carboxylic acids is 1. The van der Waals surface area contributed by atoms with Crippen LogP contribution in [-0.2, 0) is 15.3 Å². The highest BCUT2D eigenvalue weighted by atomic mass is 32.2. The molecule has 2 aromatic carbocycles. The number of hydrogen-bond acceptors (Lipinski definition) is 8. The number of thioether (sulfide) groups is 1. The molecule has 0 aliphatic carbocycles. The van der Waals surface area contributed by atoms with Gasteiger partial charge in [-0.3, -0.25) is 9.59 Å². The van der Waals surface area contributed by atoms with Crippen LogP contribution in [0, 0.1) is 0 Å². The molecule has 0 aliphatic rings. The van der Waals surface area contributed by atoms with Crippen LogP contribution in [0.2, 0.25) is 0 Å². The zero-order valence-corrected chi connectivity index (χ0v) is 17.8. The number of rotatable bonds is 8. The highest BCUT2D eigenvalue weighted by molar-refractivity contribution is 7.98. The number of phenolic OH excluding ortho intramolecular Hbond substituents is 1. The van der Waals surface area contributed by atoms with E-state index in [0.29, 0.717) is 22.8 Å². The van der Waals surface area contributed by atoms with E-state index in [0.717, 1.165) is 4.90 Å². The second-order valence-electron chi connectivity index (χ2n) is 6.66. The number of esters is 1. The molecule has 1 unspecified atom stereocenters. The SMILES string of the molecule is COC(=O)CC(c1cccc(O)c1)c1oc(CSc2ccccc2OC)cc(=O)c1O. The van der Waals surface area contributed by atoms with Gasteiger partial charge in [0, 0.05) is 11.0 Å². The molecule has 1 heterocycles. The fourth-order valence-electron chi connectivity index (χ4n) is 3.10. The van der Waals surface area contributed by atoms with E-state index < -0.39 is 23.1 Å². The highest BCUT2D eigenvalue weighted by Crippen LogP contribution is 2.36. The summed E-state index contributed by atoms with van der Waals surface area (Å²) in [5.74, 6) is -0.707. The van der Waals surface area contributed by atoms with Gasteiger partial charge in [0.25, 0.3) is 0 Å². The van der Waals surface area contributed by atoms with Crippen LogP contribution in [0.1, 0.15) is 29.4 Å². The summed E-state index contributed by atoms with van der Waals surface area (Å²) >= 11 is 1.41. The van der Waals surface area contributed by atoms with Crippen molar-refractivity contribution >= 4 is 17.7 Å². The maximum absolute atomic E-state index is 12.4. The van der Waals surface area contributed by atoms with Crippen molar-refractivity contribution in [2.75, 3.05) is 14.2 Å². The van der Waals surface area contributed by atoms with E-state index in [1.165, 1.54) is 37.1 Å². The molecular formula is C23H22O7S. The first-order chi connectivity index (χ1) is 14.9. The molecule has 0 saturated carbocycles. The largest absolute Gasteiger partial charge is 0.508 e. The maximum atomic E-state index is 12.4. The number of carbonyl (C=O) groups is 1. The summed E-state index contributed by atoms with van der Waals surface area (Å²) in [4.78, 5) is 25.3. The molecular weight excluding hydrogens is 420 g/mol. The van der Waals surface area contributed by atoms with Crippen LogP contribution in [0.3, 0.4) is 0 Å². The van der Waals surface area contributed by atoms with Crippen molar-refractivity contribution in [3.63, 3.8) is 0 Å². The van der Waals surface area contributed by atoms with Gasteiger partial charge < -0.3 is 24.1 Å². The Morgan fingerprint density at radius 3 is 2.58 bits per heavy atom. The monoisotopic (exact) mass is 442 g/mol. The van der Waals surface area contributed by atoms with Crippen LogP contribution in [-0.4, -0.2) is 30.4 Å². The number of phenols is 1. The minimum absolute atomic E-state index is 0.0166. The van der Waals surface area contributed by atoms with Gasteiger partial charge >= 0.3 is 5.97 Å². The molecule has 0 spiro atoms. The summed E-state index contributed by atoms with van der Waals surface area (Å²) in [7, 11) is 2.82. The lowest BCUT2D eigenvalue weighted by atomic mass is 9.92. The first-order valence-electron chi connectivity index (χ1n) is 9.40. The average molecular weight is 442 g/mol. The summed E-state index contributed by atoms with van der Waals surface area (Å²) in [6.45, 7) is 0. The van der Waals surface area contributed by atoms with Crippen molar-refractivity contribution in [2.45, 2.75) is 23.0 Å². The summed E-state index contributed by atoms with van der Waals surface area (Å²) in [6.07, 6.45) is -0.181. The summed E-state index contributed by atoms with van der Waals surface area (Å²) in [6, 6.07) is 14.9. The van der Waals surface area contributed by atoms with Crippen LogP contribution in [0.4, 0.5) is 0 Å². The second-order valence-corrected chi connectivity index (χ2v) is 7.67. The molecule has 0 fully saturated rings. The fraction of sp³-hybridized carbons (Fsp3) is 0.217. The lowest BCUT2D eigenvalue weighted by molar-refractivity contribution is -0.140. The third-order valence-electron chi connectivity index (χ3n) is 4.63. The number of aromatic hydroxyl groups is 2. The van der Waals surface area contributed by atoms with Crippen LogP contribution in [0.5, 0.6) is 17.2 Å². The average Bonchev–Trinajstić information content (AvgIpc) is 2.78. The standard InChI is InChI=1S/C23H22O7S/c1-28-19-8-3-4-9-20(19)31-13-16-11-18(25)22(27)23(30-16)17(12-21(26)29-2)14-6-5-7-15(24)10-14/h3-11,17,24,27H,12-13H2,1-2H3. The molecule has 0 radical (unpaired) electrons. The van der Waals surface area contributed by atoms with E-state index >= 15 is 0 Å². The molecule has 31 heavy (non-hydrogen) atoms. The Balaban J connectivity index is 1.98. The molecule has 162 valence electrons. The Morgan fingerprint density at radius 1 is 1.10 bits per heavy atom. The van der Waals surface area contributed by atoms with Crippen LogP contribution in [0.25, 0.3) is 0 Å². The Bertz CT molecular complexity index is 1120. The predicted octanol–water partition coefficient (Wildman–Crippen LogP) is 4.05.